The minimum absolute atomic E-state index is 0.0661. The smallest absolute Gasteiger partial charge is 0.271 e. The van der Waals surface area contributed by atoms with Gasteiger partial charge in [0.15, 0.2) is 0 Å². The summed E-state index contributed by atoms with van der Waals surface area (Å²) in [6, 6.07) is 8.82. The summed E-state index contributed by atoms with van der Waals surface area (Å²) >= 11 is 1.42. The minimum atomic E-state index is -0.427. The Morgan fingerprint density at radius 1 is 1.08 bits per heavy atom. The van der Waals surface area contributed by atoms with E-state index in [0.717, 1.165) is 10.7 Å². The summed E-state index contributed by atoms with van der Waals surface area (Å²) in [4.78, 5) is 36.1. The topological polar surface area (TPSA) is 96.9 Å². The molecule has 3 heterocycles. The van der Waals surface area contributed by atoms with Gasteiger partial charge in [-0.05, 0) is 24.3 Å². The van der Waals surface area contributed by atoms with Crippen LogP contribution in [0.5, 0.6) is 0 Å². The van der Waals surface area contributed by atoms with Gasteiger partial charge in [0, 0.05) is 24.0 Å². The first-order valence-corrected chi connectivity index (χ1v) is 7.95. The number of hydrogen-bond donors (Lipinski definition) is 2. The fourth-order valence-corrected chi connectivity index (χ4v) is 2.69. The number of thiazole rings is 1. The van der Waals surface area contributed by atoms with Crippen LogP contribution < -0.4 is 10.9 Å². The third-order valence-electron chi connectivity index (χ3n) is 3.02. The molecule has 24 heavy (non-hydrogen) atoms. The molecule has 0 aliphatic heterocycles. The molecule has 0 unspecified atom stereocenters. The van der Waals surface area contributed by atoms with Crippen molar-refractivity contribution >= 4 is 23.2 Å². The lowest BCUT2D eigenvalue weighted by atomic mass is 10.3. The highest BCUT2D eigenvalue weighted by Crippen LogP contribution is 2.21. The molecule has 2 N–H and O–H groups in total. The molecule has 0 saturated carbocycles. The molecule has 0 aromatic carbocycles. The van der Waals surface area contributed by atoms with E-state index in [9.17, 15) is 9.59 Å². The van der Waals surface area contributed by atoms with Gasteiger partial charge in [0.2, 0.25) is 5.91 Å². The highest BCUT2D eigenvalue weighted by atomic mass is 32.1. The van der Waals surface area contributed by atoms with Crippen molar-refractivity contribution in [1.82, 2.24) is 25.8 Å². The van der Waals surface area contributed by atoms with Gasteiger partial charge < -0.3 is 0 Å². The predicted molar refractivity (Wildman–Crippen MR) is 88.9 cm³/mol. The molecule has 0 spiro atoms. The number of hydrazine groups is 1. The van der Waals surface area contributed by atoms with Crippen LogP contribution >= 0.6 is 11.3 Å². The normalized spacial score (nSPS) is 10.2. The summed E-state index contributed by atoms with van der Waals surface area (Å²) in [5.74, 6) is -0.783. The van der Waals surface area contributed by atoms with Crippen LogP contribution in [0.1, 0.15) is 16.1 Å². The number of carbonyl (C=O) groups excluding carboxylic acids is 2. The van der Waals surface area contributed by atoms with E-state index in [1.54, 1.807) is 29.9 Å². The molecule has 0 aliphatic rings. The molecule has 3 aromatic rings. The van der Waals surface area contributed by atoms with Crippen molar-refractivity contribution in [2.45, 2.75) is 6.42 Å². The van der Waals surface area contributed by atoms with E-state index in [1.165, 1.54) is 17.5 Å². The third kappa shape index (κ3) is 3.99. The first kappa shape index (κ1) is 15.8. The number of hydrogen-bond acceptors (Lipinski definition) is 6. The minimum Gasteiger partial charge on any atom is -0.273 e. The Bertz CT molecular complexity index is 836. The van der Waals surface area contributed by atoms with Gasteiger partial charge in [0.25, 0.3) is 5.91 Å². The number of nitrogens with zero attached hydrogens (tertiary/aromatic N) is 3. The van der Waals surface area contributed by atoms with E-state index >= 15 is 0 Å². The van der Waals surface area contributed by atoms with Crippen LogP contribution in [0.15, 0.2) is 54.3 Å². The zero-order valence-corrected chi connectivity index (χ0v) is 13.3. The Kier molecular flexibility index (Phi) is 4.87. The lowest BCUT2D eigenvalue weighted by molar-refractivity contribution is -0.121. The van der Waals surface area contributed by atoms with Gasteiger partial charge in [-0.2, -0.15) is 0 Å². The fourth-order valence-electron chi connectivity index (χ4n) is 1.90. The lowest BCUT2D eigenvalue weighted by Crippen LogP contribution is -2.42. The van der Waals surface area contributed by atoms with Crippen LogP contribution in [-0.4, -0.2) is 26.8 Å². The van der Waals surface area contributed by atoms with Crippen LogP contribution in [0, 0.1) is 0 Å². The second kappa shape index (κ2) is 7.42. The first-order valence-electron chi connectivity index (χ1n) is 7.07. The Labute approximate surface area is 141 Å². The first-order chi connectivity index (χ1) is 11.7. The van der Waals surface area contributed by atoms with Gasteiger partial charge in [0.05, 0.1) is 23.4 Å². The number of amides is 2. The number of nitrogens with one attached hydrogen (secondary N) is 2. The Balaban J connectivity index is 1.54. The number of rotatable bonds is 4. The average Bonchev–Trinajstić information content (AvgIpc) is 3.09. The largest absolute Gasteiger partial charge is 0.273 e. The van der Waals surface area contributed by atoms with E-state index in [1.807, 2.05) is 18.2 Å². The molecular weight excluding hydrogens is 326 g/mol. The Morgan fingerprint density at radius 2 is 2.00 bits per heavy atom. The third-order valence-corrected chi connectivity index (χ3v) is 3.93. The quantitative estimate of drug-likeness (QED) is 0.704. The van der Waals surface area contributed by atoms with E-state index < -0.39 is 5.91 Å². The maximum atomic E-state index is 11.9. The summed E-state index contributed by atoms with van der Waals surface area (Å²) in [6.07, 6.45) is 4.74. The molecular formula is C16H13N5O2S. The van der Waals surface area contributed by atoms with Crippen molar-refractivity contribution in [2.75, 3.05) is 0 Å². The Morgan fingerprint density at radius 3 is 2.75 bits per heavy atom. The zero-order valence-electron chi connectivity index (χ0n) is 12.5. The second-order valence-corrected chi connectivity index (χ2v) is 5.64. The van der Waals surface area contributed by atoms with Gasteiger partial charge in [-0.15, -0.1) is 11.3 Å². The predicted octanol–water partition coefficient (Wildman–Crippen LogP) is 1.60. The lowest BCUT2D eigenvalue weighted by Gasteiger charge is -2.06. The van der Waals surface area contributed by atoms with E-state index in [0.29, 0.717) is 11.3 Å². The van der Waals surface area contributed by atoms with Crippen LogP contribution in [-0.2, 0) is 11.2 Å². The van der Waals surface area contributed by atoms with Crippen LogP contribution in [0.4, 0.5) is 0 Å². The van der Waals surface area contributed by atoms with Gasteiger partial charge in [-0.1, -0.05) is 6.07 Å². The van der Waals surface area contributed by atoms with Crippen molar-refractivity contribution in [3.63, 3.8) is 0 Å². The zero-order chi connectivity index (χ0) is 16.8. The molecule has 0 saturated heterocycles. The van der Waals surface area contributed by atoms with Gasteiger partial charge in [-0.3, -0.25) is 30.4 Å². The summed E-state index contributed by atoms with van der Waals surface area (Å²) in [5, 5.41) is 2.55. The van der Waals surface area contributed by atoms with Crippen molar-refractivity contribution < 1.29 is 9.59 Å². The van der Waals surface area contributed by atoms with Crippen molar-refractivity contribution in [3.8, 4) is 10.7 Å². The average molecular weight is 339 g/mol. The number of carbonyl (C=O) groups is 2. The maximum absolute atomic E-state index is 11.9. The monoisotopic (exact) mass is 339 g/mol. The van der Waals surface area contributed by atoms with Crippen LogP contribution in [0.25, 0.3) is 10.7 Å². The van der Waals surface area contributed by atoms with Crippen LogP contribution in [0.2, 0.25) is 0 Å². The SMILES string of the molecule is O=C(Cc1csc(-c2ccccn2)n1)NNC(=O)c1cccnc1. The number of pyridine rings is 2. The van der Waals surface area contributed by atoms with Crippen LogP contribution in [0.3, 0.4) is 0 Å². The van der Waals surface area contributed by atoms with E-state index in [-0.39, 0.29) is 12.3 Å². The molecule has 3 aromatic heterocycles. The fraction of sp³-hybridized carbons (Fsp3) is 0.0625. The van der Waals surface area contributed by atoms with Crippen molar-refractivity contribution in [3.05, 3.63) is 65.6 Å². The van der Waals surface area contributed by atoms with Gasteiger partial charge >= 0.3 is 0 Å². The van der Waals surface area contributed by atoms with E-state index in [4.69, 9.17) is 0 Å². The summed E-state index contributed by atoms with van der Waals surface area (Å²) in [5.41, 5.74) is 6.45. The Hall–Kier alpha value is -3.13. The molecule has 0 bridgehead atoms. The van der Waals surface area contributed by atoms with Crippen molar-refractivity contribution in [2.24, 2.45) is 0 Å². The molecule has 120 valence electrons. The molecule has 0 fully saturated rings. The highest BCUT2D eigenvalue weighted by Gasteiger charge is 2.11. The summed E-state index contributed by atoms with van der Waals surface area (Å²) < 4.78 is 0. The van der Waals surface area contributed by atoms with Gasteiger partial charge in [0.1, 0.15) is 5.01 Å². The molecule has 0 aliphatic carbocycles. The second-order valence-electron chi connectivity index (χ2n) is 4.78. The molecule has 0 radical (unpaired) electrons. The molecule has 3 rings (SSSR count). The standard InChI is InChI=1S/C16H13N5O2S/c22-14(20-21-15(23)11-4-3-6-17-9-11)8-12-10-24-16(19-12)13-5-1-2-7-18-13/h1-7,9-10H,8H2,(H,20,22)(H,21,23). The summed E-state index contributed by atoms with van der Waals surface area (Å²) in [7, 11) is 0. The number of aromatic nitrogens is 3. The van der Waals surface area contributed by atoms with Crippen molar-refractivity contribution in [1.29, 1.82) is 0 Å². The molecule has 7 nitrogen and oxygen atoms in total. The highest BCUT2D eigenvalue weighted by molar-refractivity contribution is 7.13. The molecule has 8 heteroatoms. The van der Waals surface area contributed by atoms with E-state index in [2.05, 4.69) is 25.8 Å². The van der Waals surface area contributed by atoms with Gasteiger partial charge in [-0.25, -0.2) is 4.98 Å². The maximum Gasteiger partial charge on any atom is 0.271 e. The molecule has 0 atom stereocenters. The summed E-state index contributed by atoms with van der Waals surface area (Å²) in [6.45, 7) is 0. The molecule has 2 amide bonds.